The van der Waals surface area contributed by atoms with Crippen molar-refractivity contribution in [3.8, 4) is 0 Å². The molecule has 0 aliphatic heterocycles. The van der Waals surface area contributed by atoms with Crippen molar-refractivity contribution in [3.05, 3.63) is 0 Å². The van der Waals surface area contributed by atoms with Gasteiger partial charge in [-0.3, -0.25) is 0 Å². The van der Waals surface area contributed by atoms with Crippen LogP contribution in [0.3, 0.4) is 0 Å². The van der Waals surface area contributed by atoms with Crippen LogP contribution in [0.15, 0.2) is 0 Å². The van der Waals surface area contributed by atoms with Gasteiger partial charge in [0.1, 0.15) is 0 Å². The Kier molecular flexibility index (Phi) is 21.2. The van der Waals surface area contributed by atoms with Crippen molar-refractivity contribution in [2.24, 2.45) is 0 Å². The highest BCUT2D eigenvalue weighted by Gasteiger charge is 1.95. The van der Waals surface area contributed by atoms with E-state index in [1.54, 1.807) is 0 Å². The maximum Gasteiger partial charge on any atom is 0.0428 e. The molecule has 0 amide bonds. The summed E-state index contributed by atoms with van der Waals surface area (Å²) in [6, 6.07) is 0. The van der Waals surface area contributed by atoms with E-state index >= 15 is 0 Å². The smallest absolute Gasteiger partial charge is 0.0428 e. The SMILES string of the molecule is C1CCCC1.CCCO.CCCO. The lowest BCUT2D eigenvalue weighted by Gasteiger charge is -1.69. The molecule has 1 fully saturated rings. The lowest BCUT2D eigenvalue weighted by atomic mass is 10.4. The molecule has 82 valence electrons. The fourth-order valence-corrected chi connectivity index (χ4v) is 0.884. The van der Waals surface area contributed by atoms with E-state index in [4.69, 9.17) is 10.2 Å². The third-order valence-corrected chi connectivity index (χ3v) is 1.70. The maximum absolute atomic E-state index is 7.88. The van der Waals surface area contributed by atoms with Crippen molar-refractivity contribution < 1.29 is 10.2 Å². The second-order valence-electron chi connectivity index (χ2n) is 3.21. The van der Waals surface area contributed by atoms with Crippen molar-refractivity contribution in [1.29, 1.82) is 0 Å². The van der Waals surface area contributed by atoms with E-state index in [9.17, 15) is 0 Å². The summed E-state index contributed by atoms with van der Waals surface area (Å²) in [6.45, 7) is 4.50. The van der Waals surface area contributed by atoms with Crippen LogP contribution in [0, 0.1) is 0 Å². The van der Waals surface area contributed by atoms with Crippen molar-refractivity contribution in [2.75, 3.05) is 13.2 Å². The predicted molar refractivity (Wildman–Crippen MR) is 57.8 cm³/mol. The van der Waals surface area contributed by atoms with Gasteiger partial charge in [-0.15, -0.1) is 0 Å². The van der Waals surface area contributed by atoms with Crippen molar-refractivity contribution in [1.82, 2.24) is 0 Å². The minimum atomic E-state index is 0.319. The average molecular weight is 190 g/mol. The highest BCUT2D eigenvalue weighted by Crippen LogP contribution is 2.15. The molecule has 0 saturated heterocycles. The first-order valence-corrected chi connectivity index (χ1v) is 5.55. The normalized spacial score (nSPS) is 13.8. The Morgan fingerprint density at radius 2 is 0.846 bits per heavy atom. The minimum Gasteiger partial charge on any atom is -0.396 e. The third-order valence-electron chi connectivity index (χ3n) is 1.70. The summed E-state index contributed by atoms with van der Waals surface area (Å²) in [7, 11) is 0. The van der Waals surface area contributed by atoms with Crippen LogP contribution < -0.4 is 0 Å². The molecule has 1 rings (SSSR count). The highest BCUT2D eigenvalue weighted by molar-refractivity contribution is 4.51. The van der Waals surface area contributed by atoms with Crippen molar-refractivity contribution >= 4 is 0 Å². The topological polar surface area (TPSA) is 40.5 Å². The van der Waals surface area contributed by atoms with E-state index in [0.29, 0.717) is 13.2 Å². The van der Waals surface area contributed by atoms with Gasteiger partial charge in [0.15, 0.2) is 0 Å². The van der Waals surface area contributed by atoms with E-state index in [0.717, 1.165) is 12.8 Å². The van der Waals surface area contributed by atoms with E-state index in [1.165, 1.54) is 32.1 Å². The Balaban J connectivity index is 0. The maximum atomic E-state index is 7.88. The van der Waals surface area contributed by atoms with Crippen LogP contribution in [0.2, 0.25) is 0 Å². The Morgan fingerprint density at radius 3 is 0.923 bits per heavy atom. The molecule has 1 saturated carbocycles. The number of hydrogen-bond acceptors (Lipinski definition) is 2. The Hall–Kier alpha value is -0.0800. The second kappa shape index (κ2) is 17.9. The van der Waals surface area contributed by atoms with E-state index in [1.807, 2.05) is 13.8 Å². The molecular formula is C11H26O2. The van der Waals surface area contributed by atoms with Gasteiger partial charge in [0.2, 0.25) is 0 Å². The molecule has 0 aromatic heterocycles. The standard InChI is InChI=1S/C5H10.2C3H8O/c1-2-4-5-3-1;2*1-2-3-4/h1-5H2;2*4H,2-3H2,1H3. The molecule has 2 heteroatoms. The van der Waals surface area contributed by atoms with Gasteiger partial charge in [-0.1, -0.05) is 46.0 Å². The summed E-state index contributed by atoms with van der Waals surface area (Å²) in [6.07, 6.45) is 9.25. The molecule has 0 spiro atoms. The number of rotatable bonds is 2. The van der Waals surface area contributed by atoms with Gasteiger partial charge in [0.25, 0.3) is 0 Å². The molecular weight excluding hydrogens is 164 g/mol. The van der Waals surface area contributed by atoms with Crippen LogP contribution in [0.4, 0.5) is 0 Å². The summed E-state index contributed by atoms with van der Waals surface area (Å²) in [4.78, 5) is 0. The van der Waals surface area contributed by atoms with Gasteiger partial charge in [0, 0.05) is 13.2 Å². The van der Waals surface area contributed by atoms with Crippen molar-refractivity contribution in [3.63, 3.8) is 0 Å². The molecule has 0 bridgehead atoms. The molecule has 2 nitrogen and oxygen atoms in total. The molecule has 1 aliphatic carbocycles. The monoisotopic (exact) mass is 190 g/mol. The summed E-state index contributed by atoms with van der Waals surface area (Å²) >= 11 is 0. The molecule has 13 heavy (non-hydrogen) atoms. The lowest BCUT2D eigenvalue weighted by Crippen LogP contribution is -1.69. The predicted octanol–water partition coefficient (Wildman–Crippen LogP) is 2.73. The largest absolute Gasteiger partial charge is 0.396 e. The molecule has 1 aliphatic rings. The van der Waals surface area contributed by atoms with Crippen LogP contribution in [0.1, 0.15) is 58.8 Å². The lowest BCUT2D eigenvalue weighted by molar-refractivity contribution is 0.294. The van der Waals surface area contributed by atoms with Crippen LogP contribution in [-0.4, -0.2) is 23.4 Å². The average Bonchev–Trinajstić information content (AvgIpc) is 2.76. The minimum absolute atomic E-state index is 0.319. The van der Waals surface area contributed by atoms with Gasteiger partial charge >= 0.3 is 0 Å². The molecule has 0 aromatic rings. The quantitative estimate of drug-likeness (QED) is 0.703. The first kappa shape index (κ1) is 15.4. The molecule has 0 atom stereocenters. The number of aliphatic hydroxyl groups is 2. The summed E-state index contributed by atoms with van der Waals surface area (Å²) < 4.78 is 0. The zero-order valence-corrected chi connectivity index (χ0v) is 9.26. The Labute approximate surface area is 83.0 Å². The van der Waals surface area contributed by atoms with Gasteiger partial charge in [-0.05, 0) is 12.8 Å². The van der Waals surface area contributed by atoms with Crippen LogP contribution in [0.25, 0.3) is 0 Å². The van der Waals surface area contributed by atoms with Crippen LogP contribution >= 0.6 is 0 Å². The molecule has 0 aromatic carbocycles. The Morgan fingerprint density at radius 1 is 0.692 bits per heavy atom. The van der Waals surface area contributed by atoms with Crippen LogP contribution in [-0.2, 0) is 0 Å². The molecule has 0 heterocycles. The summed E-state index contributed by atoms with van der Waals surface area (Å²) in [5, 5.41) is 15.8. The zero-order chi connectivity index (χ0) is 10.4. The highest BCUT2D eigenvalue weighted by atomic mass is 16.3. The van der Waals surface area contributed by atoms with Crippen LogP contribution in [0.5, 0.6) is 0 Å². The third kappa shape index (κ3) is 24.5. The zero-order valence-electron chi connectivity index (χ0n) is 9.26. The fraction of sp³-hybridized carbons (Fsp3) is 1.00. The molecule has 2 N–H and O–H groups in total. The molecule has 0 radical (unpaired) electrons. The molecule has 0 unspecified atom stereocenters. The number of aliphatic hydroxyl groups excluding tert-OH is 2. The van der Waals surface area contributed by atoms with Gasteiger partial charge in [-0.25, -0.2) is 0 Å². The van der Waals surface area contributed by atoms with E-state index in [-0.39, 0.29) is 0 Å². The fourth-order valence-electron chi connectivity index (χ4n) is 0.884. The van der Waals surface area contributed by atoms with Gasteiger partial charge < -0.3 is 10.2 Å². The van der Waals surface area contributed by atoms with Gasteiger partial charge in [0.05, 0.1) is 0 Å². The summed E-state index contributed by atoms with van der Waals surface area (Å²) in [5.74, 6) is 0. The number of hydrogen-bond donors (Lipinski definition) is 2. The second-order valence-corrected chi connectivity index (χ2v) is 3.21. The van der Waals surface area contributed by atoms with Gasteiger partial charge in [-0.2, -0.15) is 0 Å². The van der Waals surface area contributed by atoms with E-state index in [2.05, 4.69) is 0 Å². The van der Waals surface area contributed by atoms with Crippen molar-refractivity contribution in [2.45, 2.75) is 58.8 Å². The Bertz CT molecular complexity index is 45.5. The van der Waals surface area contributed by atoms with E-state index < -0.39 is 0 Å². The first-order chi connectivity index (χ1) is 6.33. The first-order valence-electron chi connectivity index (χ1n) is 5.55. The summed E-state index contributed by atoms with van der Waals surface area (Å²) in [5.41, 5.74) is 0.